The Hall–Kier alpha value is -2.30. The van der Waals surface area contributed by atoms with Crippen LogP contribution in [0.15, 0.2) is 29.3 Å². The van der Waals surface area contributed by atoms with E-state index in [9.17, 15) is 22.0 Å². The molecule has 0 aliphatic carbocycles. The van der Waals surface area contributed by atoms with Gasteiger partial charge in [0.15, 0.2) is 11.6 Å². The molecule has 1 aromatic heterocycles. The summed E-state index contributed by atoms with van der Waals surface area (Å²) in [5.41, 5.74) is -0.292. The lowest BCUT2D eigenvalue weighted by molar-refractivity contribution is -0.0523. The quantitative estimate of drug-likeness (QED) is 0.804. The highest BCUT2D eigenvalue weighted by Gasteiger charge is 2.39. The van der Waals surface area contributed by atoms with E-state index in [2.05, 4.69) is 10.0 Å². The fourth-order valence-corrected chi connectivity index (χ4v) is 4.60. The number of nitrogens with one attached hydrogen (secondary N) is 2. The normalized spacial score (nSPS) is 16.0. The maximum atomic E-state index is 13.3. The van der Waals surface area contributed by atoms with Gasteiger partial charge in [-0.05, 0) is 31.5 Å². The van der Waals surface area contributed by atoms with Crippen LogP contribution >= 0.6 is 0 Å². The Labute approximate surface area is 155 Å². The summed E-state index contributed by atoms with van der Waals surface area (Å²) in [6.07, 6.45) is 1.33. The Morgan fingerprint density at radius 1 is 1.26 bits per heavy atom. The maximum Gasteiger partial charge on any atom is 0.272 e. The number of ether oxygens (including phenoxy) is 1. The smallest absolute Gasteiger partial charge is 0.272 e. The molecule has 0 spiro atoms. The van der Waals surface area contributed by atoms with Gasteiger partial charge < -0.3 is 14.6 Å². The molecule has 146 valence electrons. The number of aromatic nitrogens is 1. The van der Waals surface area contributed by atoms with E-state index in [1.165, 1.54) is 30.8 Å². The van der Waals surface area contributed by atoms with Crippen molar-refractivity contribution in [2.24, 2.45) is 7.05 Å². The topological polar surface area (TPSA) is 89.4 Å². The molecule has 10 heteroatoms. The number of carbonyl (C=O) groups is 1. The summed E-state index contributed by atoms with van der Waals surface area (Å²) < 4.78 is 60.7. The van der Waals surface area contributed by atoms with Crippen LogP contribution in [0.4, 0.5) is 14.5 Å². The lowest BCUT2D eigenvalue weighted by Crippen LogP contribution is -2.59. The van der Waals surface area contributed by atoms with Crippen molar-refractivity contribution in [1.82, 2.24) is 9.29 Å². The summed E-state index contributed by atoms with van der Waals surface area (Å²) >= 11 is 0. The van der Waals surface area contributed by atoms with Gasteiger partial charge in [-0.3, -0.25) is 4.79 Å². The van der Waals surface area contributed by atoms with Crippen LogP contribution in [0.2, 0.25) is 0 Å². The van der Waals surface area contributed by atoms with Crippen LogP contribution in [-0.4, -0.2) is 37.6 Å². The van der Waals surface area contributed by atoms with Crippen LogP contribution in [-0.2, 0) is 21.8 Å². The average molecular weight is 399 g/mol. The van der Waals surface area contributed by atoms with E-state index < -0.39 is 33.1 Å². The molecule has 2 N–H and O–H groups in total. The molecular formula is C17H19F2N3O4S. The third-order valence-electron chi connectivity index (χ3n) is 4.29. The summed E-state index contributed by atoms with van der Waals surface area (Å²) in [7, 11) is -2.34. The van der Waals surface area contributed by atoms with Gasteiger partial charge in [0.05, 0.1) is 18.8 Å². The fraction of sp³-hybridized carbons (Fsp3) is 0.353. The number of benzene rings is 1. The third-order valence-corrected chi connectivity index (χ3v) is 6.04. The molecule has 7 nitrogen and oxygen atoms in total. The second-order valence-corrected chi connectivity index (χ2v) is 8.47. The SMILES string of the molecule is Cc1c(S(=O)(=O)NC2(C)COC2)cn(C)c1C(=O)Nc1ccc(F)c(F)c1. The van der Waals surface area contributed by atoms with Gasteiger partial charge in [0.2, 0.25) is 10.0 Å². The Bertz CT molecular complexity index is 1010. The third kappa shape index (κ3) is 3.73. The highest BCUT2D eigenvalue weighted by molar-refractivity contribution is 7.89. The minimum atomic E-state index is -3.87. The Morgan fingerprint density at radius 2 is 1.93 bits per heavy atom. The van der Waals surface area contributed by atoms with Gasteiger partial charge >= 0.3 is 0 Å². The number of hydrogen-bond donors (Lipinski definition) is 2. The van der Waals surface area contributed by atoms with Crippen LogP contribution in [0, 0.1) is 18.6 Å². The van der Waals surface area contributed by atoms with Crippen molar-refractivity contribution in [1.29, 1.82) is 0 Å². The molecule has 1 aromatic carbocycles. The van der Waals surface area contributed by atoms with Crippen molar-refractivity contribution in [3.63, 3.8) is 0 Å². The average Bonchev–Trinajstić information content (AvgIpc) is 2.84. The first-order chi connectivity index (χ1) is 12.5. The number of aryl methyl sites for hydroxylation is 1. The van der Waals surface area contributed by atoms with Gasteiger partial charge in [-0.2, -0.15) is 0 Å². The Balaban J connectivity index is 1.88. The van der Waals surface area contributed by atoms with Crippen molar-refractivity contribution in [2.75, 3.05) is 18.5 Å². The van der Waals surface area contributed by atoms with Gasteiger partial charge in [0.1, 0.15) is 10.6 Å². The lowest BCUT2D eigenvalue weighted by atomic mass is 10.0. The van der Waals surface area contributed by atoms with E-state index in [0.29, 0.717) is 0 Å². The zero-order chi connectivity index (χ0) is 20.0. The minimum Gasteiger partial charge on any atom is -0.377 e. The molecular weight excluding hydrogens is 380 g/mol. The van der Waals surface area contributed by atoms with E-state index in [-0.39, 0.29) is 35.1 Å². The second-order valence-electron chi connectivity index (χ2n) is 6.82. The van der Waals surface area contributed by atoms with Gasteiger partial charge in [-0.15, -0.1) is 0 Å². The molecule has 0 saturated carbocycles. The number of amides is 1. The van der Waals surface area contributed by atoms with Crippen LogP contribution in [0.5, 0.6) is 0 Å². The molecule has 27 heavy (non-hydrogen) atoms. The molecule has 0 radical (unpaired) electrons. The molecule has 1 saturated heterocycles. The van der Waals surface area contributed by atoms with Gasteiger partial charge in [-0.25, -0.2) is 21.9 Å². The number of nitrogens with zero attached hydrogens (tertiary/aromatic N) is 1. The second kappa shape index (κ2) is 6.70. The standard InChI is InChI=1S/C17H19F2N3O4S/c1-10-14(27(24,25)21-17(2)8-26-9-17)7-22(3)15(10)16(23)20-11-4-5-12(18)13(19)6-11/h4-7,21H,8-9H2,1-3H3,(H,20,23). The predicted octanol–water partition coefficient (Wildman–Crippen LogP) is 1.93. The Morgan fingerprint density at radius 3 is 2.48 bits per heavy atom. The van der Waals surface area contributed by atoms with Crippen molar-refractivity contribution >= 4 is 21.6 Å². The molecule has 1 fully saturated rings. The number of sulfonamides is 1. The molecule has 0 unspecified atom stereocenters. The lowest BCUT2D eigenvalue weighted by Gasteiger charge is -2.38. The summed E-state index contributed by atoms with van der Waals surface area (Å²) in [4.78, 5) is 12.5. The summed E-state index contributed by atoms with van der Waals surface area (Å²) in [6.45, 7) is 3.76. The zero-order valence-electron chi connectivity index (χ0n) is 15.0. The first-order valence-corrected chi connectivity index (χ1v) is 9.55. The summed E-state index contributed by atoms with van der Waals surface area (Å²) in [5, 5.41) is 2.44. The van der Waals surface area contributed by atoms with Crippen LogP contribution < -0.4 is 10.0 Å². The van der Waals surface area contributed by atoms with Gasteiger partial charge in [0, 0.05) is 25.0 Å². The van der Waals surface area contributed by atoms with E-state index in [1.54, 1.807) is 6.92 Å². The van der Waals surface area contributed by atoms with Crippen molar-refractivity contribution in [3.8, 4) is 0 Å². The number of halogens is 2. The van der Waals surface area contributed by atoms with Gasteiger partial charge in [0.25, 0.3) is 5.91 Å². The summed E-state index contributed by atoms with van der Waals surface area (Å²) in [5.74, 6) is -2.77. The number of anilines is 1. The molecule has 0 bridgehead atoms. The van der Waals surface area contributed by atoms with E-state index in [4.69, 9.17) is 4.74 Å². The molecule has 3 rings (SSSR count). The minimum absolute atomic E-state index is 0.0337. The van der Waals surface area contributed by atoms with E-state index >= 15 is 0 Å². The largest absolute Gasteiger partial charge is 0.377 e. The maximum absolute atomic E-state index is 13.3. The highest BCUT2D eigenvalue weighted by atomic mass is 32.2. The molecule has 2 aromatic rings. The van der Waals surface area contributed by atoms with Crippen molar-refractivity contribution in [2.45, 2.75) is 24.3 Å². The first-order valence-electron chi connectivity index (χ1n) is 8.06. The molecule has 1 aliphatic heterocycles. The predicted molar refractivity (Wildman–Crippen MR) is 94.0 cm³/mol. The first kappa shape index (κ1) is 19.5. The van der Waals surface area contributed by atoms with Crippen LogP contribution in [0.3, 0.4) is 0 Å². The van der Waals surface area contributed by atoms with E-state index in [1.807, 2.05) is 0 Å². The van der Waals surface area contributed by atoms with Crippen molar-refractivity contribution < 1.29 is 26.7 Å². The monoisotopic (exact) mass is 399 g/mol. The fourth-order valence-electron chi connectivity index (χ4n) is 2.93. The molecule has 1 amide bonds. The molecule has 2 heterocycles. The number of rotatable bonds is 5. The van der Waals surface area contributed by atoms with Crippen LogP contribution in [0.1, 0.15) is 23.0 Å². The Kier molecular flexibility index (Phi) is 4.83. The summed E-state index contributed by atoms with van der Waals surface area (Å²) in [6, 6.07) is 2.96. The van der Waals surface area contributed by atoms with Crippen LogP contribution in [0.25, 0.3) is 0 Å². The van der Waals surface area contributed by atoms with E-state index in [0.717, 1.165) is 12.1 Å². The molecule has 1 aliphatic rings. The highest BCUT2D eigenvalue weighted by Crippen LogP contribution is 2.25. The zero-order valence-corrected chi connectivity index (χ0v) is 15.8. The van der Waals surface area contributed by atoms with Crippen molar-refractivity contribution in [3.05, 3.63) is 47.3 Å². The van der Waals surface area contributed by atoms with Gasteiger partial charge in [-0.1, -0.05) is 0 Å². The number of carbonyl (C=O) groups excluding carboxylic acids is 1. The number of hydrogen-bond acceptors (Lipinski definition) is 4. The molecule has 0 atom stereocenters.